The molecule has 0 aromatic carbocycles. The molecule has 0 radical (unpaired) electrons. The van der Waals surface area contributed by atoms with E-state index in [0.29, 0.717) is 12.0 Å². The van der Waals surface area contributed by atoms with E-state index in [0.717, 1.165) is 12.3 Å². The summed E-state index contributed by atoms with van der Waals surface area (Å²) < 4.78 is 7.49. The minimum Gasteiger partial charge on any atom is -0.493 e. The van der Waals surface area contributed by atoms with Gasteiger partial charge in [-0.3, -0.25) is 4.68 Å². The van der Waals surface area contributed by atoms with Gasteiger partial charge < -0.3 is 10.1 Å². The molecule has 20 heavy (non-hydrogen) atoms. The van der Waals surface area contributed by atoms with E-state index in [1.165, 1.54) is 50.6 Å². The predicted molar refractivity (Wildman–Crippen MR) is 82.0 cm³/mol. The zero-order chi connectivity index (χ0) is 14.4. The molecule has 1 aliphatic rings. The quantitative estimate of drug-likeness (QED) is 0.897. The molecule has 1 N–H and O–H groups in total. The minimum absolute atomic E-state index is 0.362. The van der Waals surface area contributed by atoms with Crippen LogP contribution in [0.4, 0.5) is 0 Å². The second-order valence-electron chi connectivity index (χ2n) is 5.86. The van der Waals surface area contributed by atoms with E-state index in [4.69, 9.17) is 4.74 Å². The molecular formula is C16H29N3O. The topological polar surface area (TPSA) is 39.1 Å². The number of ether oxygens (including phenoxy) is 1. The van der Waals surface area contributed by atoms with Crippen LogP contribution in [0.5, 0.6) is 5.75 Å². The maximum absolute atomic E-state index is 5.52. The molecule has 0 bridgehead atoms. The number of nitrogens with one attached hydrogen (secondary N) is 1. The molecule has 0 spiro atoms. The van der Waals surface area contributed by atoms with E-state index >= 15 is 0 Å². The molecule has 1 unspecified atom stereocenters. The lowest BCUT2D eigenvalue weighted by Gasteiger charge is -2.30. The molecule has 1 aromatic rings. The van der Waals surface area contributed by atoms with Crippen molar-refractivity contribution in [2.45, 2.75) is 57.9 Å². The van der Waals surface area contributed by atoms with Gasteiger partial charge >= 0.3 is 0 Å². The average molecular weight is 279 g/mol. The monoisotopic (exact) mass is 279 g/mol. The Morgan fingerprint density at radius 3 is 2.55 bits per heavy atom. The number of nitrogens with zero attached hydrogens (tertiary/aromatic N) is 2. The standard InChI is InChI=1S/C16H29N3O/c1-4-17-15(13-10-8-6-5-7-9-11-13)16-14(20-3)12-18-19(16)2/h12-13,15,17H,4-11H2,1-3H3. The van der Waals surface area contributed by atoms with E-state index < -0.39 is 0 Å². The summed E-state index contributed by atoms with van der Waals surface area (Å²) in [5.41, 5.74) is 1.21. The molecule has 1 heterocycles. The number of aryl methyl sites for hydroxylation is 1. The summed E-state index contributed by atoms with van der Waals surface area (Å²) in [6, 6.07) is 0.362. The molecule has 1 atom stereocenters. The van der Waals surface area contributed by atoms with Crippen molar-refractivity contribution < 1.29 is 4.74 Å². The van der Waals surface area contributed by atoms with E-state index in [1.807, 2.05) is 17.9 Å². The SMILES string of the molecule is CCNC(c1c(OC)cnn1C)C1CCCCCCC1. The molecule has 1 fully saturated rings. The van der Waals surface area contributed by atoms with Crippen LogP contribution in [0.25, 0.3) is 0 Å². The summed E-state index contributed by atoms with van der Waals surface area (Å²) in [5.74, 6) is 1.61. The van der Waals surface area contributed by atoms with E-state index in [1.54, 1.807) is 7.11 Å². The molecule has 4 nitrogen and oxygen atoms in total. The first-order valence-electron chi connectivity index (χ1n) is 8.07. The van der Waals surface area contributed by atoms with Gasteiger partial charge in [0.05, 0.1) is 25.0 Å². The maximum Gasteiger partial charge on any atom is 0.161 e. The molecule has 1 aliphatic carbocycles. The summed E-state index contributed by atoms with van der Waals surface area (Å²) in [6.45, 7) is 3.16. The van der Waals surface area contributed by atoms with Crippen molar-refractivity contribution in [1.82, 2.24) is 15.1 Å². The Kier molecular flexibility index (Phi) is 5.89. The lowest BCUT2D eigenvalue weighted by molar-refractivity contribution is 0.274. The number of hydrogen-bond acceptors (Lipinski definition) is 3. The predicted octanol–water partition coefficient (Wildman–Crippen LogP) is 3.44. The van der Waals surface area contributed by atoms with E-state index in [-0.39, 0.29) is 0 Å². The van der Waals surface area contributed by atoms with Gasteiger partial charge in [-0.2, -0.15) is 5.10 Å². The first-order valence-corrected chi connectivity index (χ1v) is 8.07. The molecule has 1 aromatic heterocycles. The molecule has 2 rings (SSSR count). The summed E-state index contributed by atoms with van der Waals surface area (Å²) in [7, 11) is 3.76. The molecule has 0 aliphatic heterocycles. The zero-order valence-electron chi connectivity index (χ0n) is 13.2. The Balaban J connectivity index is 2.21. The van der Waals surface area contributed by atoms with Crippen LogP contribution in [-0.4, -0.2) is 23.4 Å². The van der Waals surface area contributed by atoms with Crippen LogP contribution in [0.15, 0.2) is 6.20 Å². The van der Waals surface area contributed by atoms with Crippen LogP contribution < -0.4 is 10.1 Å². The highest BCUT2D eigenvalue weighted by molar-refractivity contribution is 5.28. The highest BCUT2D eigenvalue weighted by Crippen LogP contribution is 2.36. The highest BCUT2D eigenvalue weighted by Gasteiger charge is 2.28. The first kappa shape index (κ1) is 15.4. The van der Waals surface area contributed by atoms with Gasteiger partial charge in [-0.1, -0.05) is 39.0 Å². The Morgan fingerprint density at radius 1 is 1.30 bits per heavy atom. The Labute approximate surface area is 122 Å². The maximum atomic E-state index is 5.52. The third-order valence-corrected chi connectivity index (χ3v) is 4.51. The Hall–Kier alpha value is -1.03. The Bertz CT molecular complexity index is 394. The van der Waals surface area contributed by atoms with Gasteiger partial charge in [-0.15, -0.1) is 0 Å². The van der Waals surface area contributed by atoms with Crippen molar-refractivity contribution >= 4 is 0 Å². The van der Waals surface area contributed by atoms with Crippen LogP contribution in [0.2, 0.25) is 0 Å². The highest BCUT2D eigenvalue weighted by atomic mass is 16.5. The van der Waals surface area contributed by atoms with Gasteiger partial charge in [-0.05, 0) is 25.3 Å². The van der Waals surface area contributed by atoms with E-state index in [2.05, 4.69) is 17.3 Å². The van der Waals surface area contributed by atoms with Gasteiger partial charge in [0.15, 0.2) is 5.75 Å². The normalized spacial score (nSPS) is 19.4. The van der Waals surface area contributed by atoms with Crippen molar-refractivity contribution in [3.8, 4) is 5.75 Å². The lowest BCUT2D eigenvalue weighted by Crippen LogP contribution is -2.31. The van der Waals surface area contributed by atoms with Crippen molar-refractivity contribution in [2.75, 3.05) is 13.7 Å². The first-order chi connectivity index (χ1) is 9.77. The van der Waals surface area contributed by atoms with Gasteiger partial charge in [0.2, 0.25) is 0 Å². The van der Waals surface area contributed by atoms with Gasteiger partial charge in [0.1, 0.15) is 0 Å². The second-order valence-corrected chi connectivity index (χ2v) is 5.86. The number of hydrogen-bond donors (Lipinski definition) is 1. The summed E-state index contributed by atoms with van der Waals surface area (Å²) in [6.07, 6.45) is 11.4. The van der Waals surface area contributed by atoms with Gasteiger partial charge in [-0.25, -0.2) is 0 Å². The lowest BCUT2D eigenvalue weighted by atomic mass is 9.84. The molecule has 1 saturated carbocycles. The fourth-order valence-corrected chi connectivity index (χ4v) is 3.47. The third kappa shape index (κ3) is 3.54. The second kappa shape index (κ2) is 7.67. The number of rotatable bonds is 5. The van der Waals surface area contributed by atoms with Gasteiger partial charge in [0.25, 0.3) is 0 Å². The van der Waals surface area contributed by atoms with Crippen LogP contribution in [-0.2, 0) is 7.05 Å². The van der Waals surface area contributed by atoms with Crippen LogP contribution in [0, 0.1) is 5.92 Å². The summed E-state index contributed by atoms with van der Waals surface area (Å²) in [5, 5.41) is 8.06. The molecular weight excluding hydrogens is 250 g/mol. The van der Waals surface area contributed by atoms with Gasteiger partial charge in [0, 0.05) is 7.05 Å². The average Bonchev–Trinajstić information content (AvgIpc) is 2.77. The third-order valence-electron chi connectivity index (χ3n) is 4.51. The number of aromatic nitrogens is 2. The van der Waals surface area contributed by atoms with Crippen molar-refractivity contribution in [2.24, 2.45) is 13.0 Å². The summed E-state index contributed by atoms with van der Waals surface area (Å²) in [4.78, 5) is 0. The van der Waals surface area contributed by atoms with E-state index in [9.17, 15) is 0 Å². The van der Waals surface area contributed by atoms with Crippen LogP contribution in [0.3, 0.4) is 0 Å². The van der Waals surface area contributed by atoms with Crippen molar-refractivity contribution in [1.29, 1.82) is 0 Å². The minimum atomic E-state index is 0.362. The molecule has 114 valence electrons. The fraction of sp³-hybridized carbons (Fsp3) is 0.812. The smallest absolute Gasteiger partial charge is 0.161 e. The molecule has 0 saturated heterocycles. The van der Waals surface area contributed by atoms with Crippen molar-refractivity contribution in [3.05, 3.63) is 11.9 Å². The fourth-order valence-electron chi connectivity index (χ4n) is 3.47. The van der Waals surface area contributed by atoms with Crippen LogP contribution >= 0.6 is 0 Å². The largest absolute Gasteiger partial charge is 0.493 e. The molecule has 0 amide bonds. The number of methoxy groups -OCH3 is 1. The van der Waals surface area contributed by atoms with Crippen molar-refractivity contribution in [3.63, 3.8) is 0 Å². The molecule has 4 heteroatoms. The summed E-state index contributed by atoms with van der Waals surface area (Å²) >= 11 is 0. The van der Waals surface area contributed by atoms with Crippen LogP contribution in [0.1, 0.15) is 63.6 Å². The zero-order valence-corrected chi connectivity index (χ0v) is 13.2. The Morgan fingerprint density at radius 2 is 1.95 bits per heavy atom.